The Morgan fingerprint density at radius 1 is 1.42 bits per heavy atom. The summed E-state index contributed by atoms with van der Waals surface area (Å²) in [5, 5.41) is 9.27. The van der Waals surface area contributed by atoms with Crippen molar-refractivity contribution >= 4 is 23.3 Å². The maximum atomic E-state index is 11.3. The van der Waals surface area contributed by atoms with Crippen molar-refractivity contribution in [3.63, 3.8) is 0 Å². The second-order valence-electron chi connectivity index (χ2n) is 4.94. The molecule has 1 fully saturated rings. The summed E-state index contributed by atoms with van der Waals surface area (Å²) >= 11 is 5.05. The first kappa shape index (κ1) is 13.8. The van der Waals surface area contributed by atoms with E-state index in [0.717, 1.165) is 18.4 Å². The number of nitrogens with zero attached hydrogens (tertiary/aromatic N) is 1. The van der Waals surface area contributed by atoms with E-state index < -0.39 is 6.09 Å². The van der Waals surface area contributed by atoms with Crippen LogP contribution in [-0.2, 0) is 6.42 Å². The first-order valence-corrected chi connectivity index (χ1v) is 6.81. The number of hydrogen-bond donors (Lipinski definition) is 2. The molecule has 0 aliphatic carbocycles. The Labute approximate surface area is 118 Å². The Morgan fingerprint density at radius 3 is 2.68 bits per heavy atom. The number of carboxylic acid groups (broad SMARTS) is 1. The van der Waals surface area contributed by atoms with Gasteiger partial charge in [0.15, 0.2) is 0 Å². The molecule has 102 valence electrons. The summed E-state index contributed by atoms with van der Waals surface area (Å²) in [7, 11) is 0. The molecule has 1 aromatic carbocycles. The molecule has 0 aromatic heterocycles. The summed E-state index contributed by atoms with van der Waals surface area (Å²) in [5.41, 5.74) is 6.85. The highest BCUT2D eigenvalue weighted by Gasteiger charge is 2.32. The molecule has 0 spiro atoms. The normalized spacial score (nSPS) is 23.1. The van der Waals surface area contributed by atoms with Crippen LogP contribution in [-0.4, -0.2) is 33.7 Å². The second kappa shape index (κ2) is 6.02. The number of amides is 1. The molecule has 0 bridgehead atoms. The molecule has 0 radical (unpaired) electrons. The zero-order valence-electron chi connectivity index (χ0n) is 10.7. The molecular formula is C14H18N2O2S. The minimum atomic E-state index is -0.859. The van der Waals surface area contributed by atoms with Crippen LogP contribution < -0.4 is 5.73 Å². The van der Waals surface area contributed by atoms with Crippen LogP contribution in [0.4, 0.5) is 4.79 Å². The predicted octanol–water partition coefficient (Wildman–Crippen LogP) is 2.27. The predicted molar refractivity (Wildman–Crippen MR) is 78.2 cm³/mol. The minimum Gasteiger partial charge on any atom is -0.465 e. The highest BCUT2D eigenvalue weighted by atomic mass is 32.1. The summed E-state index contributed by atoms with van der Waals surface area (Å²) in [5.74, 6) is 0.152. The van der Waals surface area contributed by atoms with Gasteiger partial charge in [0.05, 0.1) is 4.99 Å². The molecule has 4 nitrogen and oxygen atoms in total. The summed E-state index contributed by atoms with van der Waals surface area (Å²) in [6.07, 6.45) is 1.30. The van der Waals surface area contributed by atoms with Crippen molar-refractivity contribution in [1.29, 1.82) is 0 Å². The van der Waals surface area contributed by atoms with E-state index in [9.17, 15) is 9.90 Å². The van der Waals surface area contributed by atoms with Crippen LogP contribution in [0.25, 0.3) is 0 Å². The van der Waals surface area contributed by atoms with Gasteiger partial charge in [-0.2, -0.15) is 0 Å². The fraction of sp³-hybridized carbons (Fsp3) is 0.429. The maximum Gasteiger partial charge on any atom is 0.407 e. The second-order valence-corrected chi connectivity index (χ2v) is 5.41. The van der Waals surface area contributed by atoms with Crippen molar-refractivity contribution in [2.45, 2.75) is 25.3 Å². The highest BCUT2D eigenvalue weighted by molar-refractivity contribution is 7.80. The molecule has 1 amide bonds. The number of nitrogens with two attached hydrogens (primary N) is 1. The number of hydrogen-bond acceptors (Lipinski definition) is 2. The van der Waals surface area contributed by atoms with Gasteiger partial charge in [-0.15, -0.1) is 0 Å². The Hall–Kier alpha value is -1.62. The van der Waals surface area contributed by atoms with E-state index in [1.807, 2.05) is 30.3 Å². The zero-order chi connectivity index (χ0) is 13.8. The van der Waals surface area contributed by atoms with Crippen LogP contribution in [0.3, 0.4) is 0 Å². The van der Waals surface area contributed by atoms with Crippen molar-refractivity contribution < 1.29 is 9.90 Å². The zero-order valence-corrected chi connectivity index (χ0v) is 11.5. The third-order valence-corrected chi connectivity index (χ3v) is 4.01. The van der Waals surface area contributed by atoms with Crippen LogP contribution in [0.1, 0.15) is 18.4 Å². The van der Waals surface area contributed by atoms with Gasteiger partial charge in [-0.1, -0.05) is 42.5 Å². The molecule has 2 unspecified atom stereocenters. The minimum absolute atomic E-state index is 0.0415. The van der Waals surface area contributed by atoms with E-state index in [1.165, 1.54) is 4.90 Å². The van der Waals surface area contributed by atoms with Gasteiger partial charge in [0.25, 0.3) is 0 Å². The van der Waals surface area contributed by atoms with Crippen molar-refractivity contribution in [2.75, 3.05) is 6.54 Å². The van der Waals surface area contributed by atoms with Gasteiger partial charge in [0, 0.05) is 18.5 Å². The van der Waals surface area contributed by atoms with Crippen LogP contribution in [0, 0.1) is 5.92 Å². The first-order chi connectivity index (χ1) is 9.08. The van der Waals surface area contributed by atoms with Gasteiger partial charge in [0.2, 0.25) is 0 Å². The van der Waals surface area contributed by atoms with Gasteiger partial charge in [-0.3, -0.25) is 0 Å². The monoisotopic (exact) mass is 278 g/mol. The van der Waals surface area contributed by atoms with Crippen molar-refractivity contribution in [3.8, 4) is 0 Å². The van der Waals surface area contributed by atoms with Crippen LogP contribution in [0.2, 0.25) is 0 Å². The lowest BCUT2D eigenvalue weighted by molar-refractivity contribution is 0.0994. The van der Waals surface area contributed by atoms with Gasteiger partial charge in [-0.05, 0) is 24.8 Å². The maximum absolute atomic E-state index is 11.3. The topological polar surface area (TPSA) is 66.6 Å². The molecule has 1 aliphatic rings. The Morgan fingerprint density at radius 2 is 2.11 bits per heavy atom. The number of thiocarbonyl (C=S) groups is 1. The van der Waals surface area contributed by atoms with E-state index in [1.54, 1.807) is 0 Å². The van der Waals surface area contributed by atoms with Gasteiger partial charge in [0.1, 0.15) is 0 Å². The van der Waals surface area contributed by atoms with Crippen LogP contribution in [0.5, 0.6) is 0 Å². The summed E-state index contributed by atoms with van der Waals surface area (Å²) in [6, 6.07) is 9.88. The smallest absolute Gasteiger partial charge is 0.407 e. The largest absolute Gasteiger partial charge is 0.465 e. The van der Waals surface area contributed by atoms with Gasteiger partial charge in [-0.25, -0.2) is 4.79 Å². The van der Waals surface area contributed by atoms with Gasteiger partial charge >= 0.3 is 6.09 Å². The molecule has 5 heteroatoms. The molecule has 1 aromatic rings. The van der Waals surface area contributed by atoms with E-state index in [-0.39, 0.29) is 12.0 Å². The summed E-state index contributed by atoms with van der Waals surface area (Å²) in [4.78, 5) is 13.3. The average Bonchev–Trinajstić information content (AvgIpc) is 2.39. The van der Waals surface area contributed by atoms with Crippen LogP contribution in [0.15, 0.2) is 30.3 Å². The SMILES string of the molecule is NC(=S)C1CCN(C(=O)O)C(Cc2ccccc2)C1. The molecule has 19 heavy (non-hydrogen) atoms. The molecule has 3 N–H and O–H groups in total. The highest BCUT2D eigenvalue weighted by Crippen LogP contribution is 2.26. The van der Waals surface area contributed by atoms with E-state index >= 15 is 0 Å². The lowest BCUT2D eigenvalue weighted by Crippen LogP contribution is -2.48. The summed E-state index contributed by atoms with van der Waals surface area (Å²) < 4.78 is 0. The lowest BCUT2D eigenvalue weighted by Gasteiger charge is -2.37. The standard InChI is InChI=1S/C14H18N2O2S/c15-13(19)11-6-7-16(14(17)18)12(9-11)8-10-4-2-1-3-5-10/h1-5,11-12H,6-9H2,(H2,15,19)(H,17,18). The summed E-state index contributed by atoms with van der Waals surface area (Å²) in [6.45, 7) is 0.509. The molecule has 2 rings (SSSR count). The number of rotatable bonds is 3. The van der Waals surface area contributed by atoms with Crippen molar-refractivity contribution in [2.24, 2.45) is 11.7 Å². The molecule has 2 atom stereocenters. The quantitative estimate of drug-likeness (QED) is 0.832. The molecule has 1 saturated heterocycles. The van der Waals surface area contributed by atoms with Crippen molar-refractivity contribution in [3.05, 3.63) is 35.9 Å². The third-order valence-electron chi connectivity index (χ3n) is 3.68. The van der Waals surface area contributed by atoms with Crippen molar-refractivity contribution in [1.82, 2.24) is 4.90 Å². The van der Waals surface area contributed by atoms with E-state index in [2.05, 4.69) is 0 Å². The molecule has 1 heterocycles. The van der Waals surface area contributed by atoms with Gasteiger partial charge < -0.3 is 15.7 Å². The Bertz CT molecular complexity index is 464. The lowest BCUT2D eigenvalue weighted by atomic mass is 9.88. The molecule has 1 aliphatic heterocycles. The number of piperidine rings is 1. The van der Waals surface area contributed by atoms with E-state index in [0.29, 0.717) is 18.0 Å². The fourth-order valence-corrected chi connectivity index (χ4v) is 2.86. The van der Waals surface area contributed by atoms with E-state index in [4.69, 9.17) is 18.0 Å². The van der Waals surface area contributed by atoms with Crippen LogP contribution >= 0.6 is 12.2 Å². The molecule has 0 saturated carbocycles. The Kier molecular flexibility index (Phi) is 4.37. The average molecular weight is 278 g/mol. The first-order valence-electron chi connectivity index (χ1n) is 6.40. The number of carbonyl (C=O) groups is 1. The third kappa shape index (κ3) is 3.44. The fourth-order valence-electron chi connectivity index (χ4n) is 2.64. The number of likely N-dealkylation sites (tertiary alicyclic amines) is 1. The molecular weight excluding hydrogens is 260 g/mol. The Balaban J connectivity index is 2.11. The number of benzene rings is 1.